The number of imidazole rings is 1. The molecule has 1 atom stereocenters. The van der Waals surface area contributed by atoms with Crippen molar-refractivity contribution in [3.63, 3.8) is 0 Å². The molecule has 1 aliphatic heterocycles. The highest BCUT2D eigenvalue weighted by Crippen LogP contribution is 2.29. The molecule has 0 amide bonds. The maximum atomic E-state index is 12.8. The molecular weight excluding hydrogens is 250 g/mol. The Labute approximate surface area is 111 Å². The highest BCUT2D eigenvalue weighted by Gasteiger charge is 2.32. The Morgan fingerprint density at radius 1 is 1.42 bits per heavy atom. The van der Waals surface area contributed by atoms with Crippen LogP contribution in [0, 0.1) is 0 Å². The largest absolute Gasteiger partial charge is 0.319 e. The van der Waals surface area contributed by atoms with E-state index in [1.54, 1.807) is 0 Å². The van der Waals surface area contributed by atoms with E-state index in [4.69, 9.17) is 0 Å². The molecule has 19 heavy (non-hydrogen) atoms. The maximum Gasteiger partial charge on any atom is 0.319 e. The van der Waals surface area contributed by atoms with Crippen molar-refractivity contribution in [2.75, 3.05) is 13.1 Å². The first-order chi connectivity index (χ1) is 9.24. The van der Waals surface area contributed by atoms with E-state index in [1.165, 1.54) is 38.1 Å². The molecule has 0 bridgehead atoms. The number of alkyl halides is 2. The van der Waals surface area contributed by atoms with Crippen molar-refractivity contribution in [3.8, 4) is 0 Å². The molecule has 1 aliphatic carbocycles. The first-order valence-corrected chi connectivity index (χ1v) is 7.01. The molecule has 1 N–H and O–H groups in total. The number of nitrogens with one attached hydrogen (secondary N) is 1. The molecular formula is C13H20F2N4. The second-order valence-corrected chi connectivity index (χ2v) is 5.48. The van der Waals surface area contributed by atoms with Gasteiger partial charge in [-0.25, -0.2) is 4.98 Å². The number of hydrogen-bond donors (Lipinski definition) is 1. The van der Waals surface area contributed by atoms with Gasteiger partial charge in [0.1, 0.15) is 5.82 Å². The van der Waals surface area contributed by atoms with Crippen molar-refractivity contribution in [1.82, 2.24) is 19.8 Å². The average molecular weight is 270 g/mol. The fourth-order valence-corrected chi connectivity index (χ4v) is 2.80. The predicted molar refractivity (Wildman–Crippen MR) is 67.9 cm³/mol. The van der Waals surface area contributed by atoms with Crippen LogP contribution in [0.15, 0.2) is 12.4 Å². The number of rotatable bonds is 6. The summed E-state index contributed by atoms with van der Waals surface area (Å²) in [6.45, 7) is 0.0543. The van der Waals surface area contributed by atoms with Gasteiger partial charge in [-0.1, -0.05) is 0 Å². The molecule has 106 valence electrons. The summed E-state index contributed by atoms with van der Waals surface area (Å²) in [5, 5.41) is 3.47. The van der Waals surface area contributed by atoms with Gasteiger partial charge in [0, 0.05) is 31.0 Å². The molecule has 1 saturated carbocycles. The van der Waals surface area contributed by atoms with E-state index in [1.807, 2.05) is 0 Å². The summed E-state index contributed by atoms with van der Waals surface area (Å²) in [6, 6.07) is 1.07. The van der Waals surface area contributed by atoms with Crippen LogP contribution in [0.25, 0.3) is 0 Å². The molecule has 0 aromatic carbocycles. The Balaban J connectivity index is 1.65. The highest BCUT2D eigenvalue weighted by molar-refractivity contribution is 4.97. The zero-order chi connectivity index (χ0) is 13.2. The predicted octanol–water partition coefficient (Wildman–Crippen LogP) is 1.99. The zero-order valence-electron chi connectivity index (χ0n) is 10.9. The van der Waals surface area contributed by atoms with E-state index in [9.17, 15) is 8.78 Å². The van der Waals surface area contributed by atoms with Crippen LogP contribution in [-0.4, -0.2) is 39.6 Å². The van der Waals surface area contributed by atoms with E-state index in [2.05, 4.69) is 15.2 Å². The summed E-state index contributed by atoms with van der Waals surface area (Å²) < 4.78 is 26.6. The van der Waals surface area contributed by atoms with Crippen LogP contribution in [0.4, 0.5) is 8.78 Å². The SMILES string of the molecule is FC(F)n1ccnc1CN(CC1CCCN1)C1CC1. The minimum atomic E-state index is -2.50. The normalized spacial score (nSPS) is 23.7. The van der Waals surface area contributed by atoms with Gasteiger partial charge in [-0.3, -0.25) is 9.47 Å². The first-order valence-electron chi connectivity index (χ1n) is 7.01. The molecule has 3 rings (SSSR count). The fourth-order valence-electron chi connectivity index (χ4n) is 2.80. The van der Waals surface area contributed by atoms with Crippen LogP contribution >= 0.6 is 0 Å². The lowest BCUT2D eigenvalue weighted by molar-refractivity contribution is 0.0633. The summed E-state index contributed by atoms with van der Waals surface area (Å²) in [5.41, 5.74) is 0. The quantitative estimate of drug-likeness (QED) is 0.858. The molecule has 6 heteroatoms. The number of hydrogen-bond acceptors (Lipinski definition) is 3. The van der Waals surface area contributed by atoms with Crippen LogP contribution in [0.5, 0.6) is 0 Å². The van der Waals surface area contributed by atoms with Crippen LogP contribution in [0.2, 0.25) is 0 Å². The zero-order valence-corrected chi connectivity index (χ0v) is 10.9. The minimum absolute atomic E-state index is 0.472. The second-order valence-electron chi connectivity index (χ2n) is 5.48. The highest BCUT2D eigenvalue weighted by atomic mass is 19.3. The Kier molecular flexibility index (Phi) is 3.79. The van der Waals surface area contributed by atoms with E-state index >= 15 is 0 Å². The van der Waals surface area contributed by atoms with Crippen molar-refractivity contribution in [3.05, 3.63) is 18.2 Å². The van der Waals surface area contributed by atoms with Crippen LogP contribution in [0.1, 0.15) is 38.1 Å². The number of halogens is 2. The van der Waals surface area contributed by atoms with E-state index < -0.39 is 6.55 Å². The molecule has 1 aromatic heterocycles. The fraction of sp³-hybridized carbons (Fsp3) is 0.769. The minimum Gasteiger partial charge on any atom is -0.313 e. The molecule has 4 nitrogen and oxygen atoms in total. The van der Waals surface area contributed by atoms with Crippen molar-refractivity contribution in [2.45, 2.75) is 50.9 Å². The second kappa shape index (κ2) is 5.54. The third-order valence-electron chi connectivity index (χ3n) is 3.98. The molecule has 2 aliphatic rings. The summed E-state index contributed by atoms with van der Waals surface area (Å²) in [5.74, 6) is 0.472. The lowest BCUT2D eigenvalue weighted by atomic mass is 10.2. The van der Waals surface area contributed by atoms with Crippen molar-refractivity contribution < 1.29 is 8.78 Å². The summed E-state index contributed by atoms with van der Waals surface area (Å²) in [6.07, 6.45) is 7.59. The van der Waals surface area contributed by atoms with Gasteiger partial charge < -0.3 is 5.32 Å². The molecule has 0 spiro atoms. The lowest BCUT2D eigenvalue weighted by Gasteiger charge is -2.25. The number of nitrogens with zero attached hydrogens (tertiary/aromatic N) is 3. The average Bonchev–Trinajstić information content (AvgIpc) is 2.90. The van der Waals surface area contributed by atoms with Crippen molar-refractivity contribution in [1.29, 1.82) is 0 Å². The smallest absolute Gasteiger partial charge is 0.313 e. The lowest BCUT2D eigenvalue weighted by Crippen LogP contribution is -2.39. The van der Waals surface area contributed by atoms with Gasteiger partial charge in [0.2, 0.25) is 0 Å². The van der Waals surface area contributed by atoms with Gasteiger partial charge in [-0.05, 0) is 32.2 Å². The Hall–Kier alpha value is -1.01. The van der Waals surface area contributed by atoms with Crippen LogP contribution in [-0.2, 0) is 6.54 Å². The van der Waals surface area contributed by atoms with Crippen molar-refractivity contribution in [2.24, 2.45) is 0 Å². The molecule has 2 heterocycles. The van der Waals surface area contributed by atoms with Gasteiger partial charge in [-0.2, -0.15) is 8.78 Å². The summed E-state index contributed by atoms with van der Waals surface area (Å²) in [7, 11) is 0. The van der Waals surface area contributed by atoms with Gasteiger partial charge in [-0.15, -0.1) is 0 Å². The summed E-state index contributed by atoms with van der Waals surface area (Å²) >= 11 is 0. The Morgan fingerprint density at radius 2 is 2.26 bits per heavy atom. The van der Waals surface area contributed by atoms with Crippen LogP contribution < -0.4 is 5.32 Å². The number of aromatic nitrogens is 2. The molecule has 2 fully saturated rings. The van der Waals surface area contributed by atoms with Gasteiger partial charge in [0.25, 0.3) is 0 Å². The molecule has 1 aromatic rings. The standard InChI is InChI=1S/C13H20F2N4/c14-13(15)19-7-6-17-12(19)9-18(11-3-4-11)8-10-2-1-5-16-10/h6-7,10-11,13,16H,1-5,8-9H2. The molecule has 0 radical (unpaired) electrons. The molecule has 1 unspecified atom stereocenters. The topological polar surface area (TPSA) is 33.1 Å². The van der Waals surface area contributed by atoms with Gasteiger partial charge in [0.15, 0.2) is 0 Å². The van der Waals surface area contributed by atoms with E-state index in [0.29, 0.717) is 24.5 Å². The van der Waals surface area contributed by atoms with E-state index in [0.717, 1.165) is 17.7 Å². The van der Waals surface area contributed by atoms with Gasteiger partial charge in [0.05, 0.1) is 6.54 Å². The third kappa shape index (κ3) is 3.12. The summed E-state index contributed by atoms with van der Waals surface area (Å²) in [4.78, 5) is 6.39. The van der Waals surface area contributed by atoms with Crippen LogP contribution in [0.3, 0.4) is 0 Å². The maximum absolute atomic E-state index is 12.8. The van der Waals surface area contributed by atoms with E-state index in [-0.39, 0.29) is 0 Å². The first kappa shape index (κ1) is 13.0. The van der Waals surface area contributed by atoms with Gasteiger partial charge >= 0.3 is 6.55 Å². The monoisotopic (exact) mass is 270 g/mol. The van der Waals surface area contributed by atoms with Crippen molar-refractivity contribution >= 4 is 0 Å². The third-order valence-corrected chi connectivity index (χ3v) is 3.98. The molecule has 1 saturated heterocycles. The Bertz CT molecular complexity index is 411. The Morgan fingerprint density at radius 3 is 2.89 bits per heavy atom.